The Labute approximate surface area is 179 Å². The summed E-state index contributed by atoms with van der Waals surface area (Å²) in [5, 5.41) is 0. The van der Waals surface area contributed by atoms with Crippen LogP contribution in [0.5, 0.6) is 0 Å². The van der Waals surface area contributed by atoms with Gasteiger partial charge in [0.2, 0.25) is 0 Å². The van der Waals surface area contributed by atoms with Crippen LogP contribution in [0, 0.1) is 0 Å². The van der Waals surface area contributed by atoms with Crippen LogP contribution in [0.4, 0.5) is 0 Å². The smallest absolute Gasteiger partial charge is 0.0282 e. The van der Waals surface area contributed by atoms with Crippen LogP contribution in [-0.2, 0) is 0 Å². The van der Waals surface area contributed by atoms with Crippen LogP contribution < -0.4 is 0 Å². The van der Waals surface area contributed by atoms with Crippen molar-refractivity contribution in [3.05, 3.63) is 23.8 Å². The van der Waals surface area contributed by atoms with Gasteiger partial charge in [-0.1, -0.05) is 154 Å². The van der Waals surface area contributed by atoms with Crippen molar-refractivity contribution < 1.29 is 0 Å². The average Bonchev–Trinajstić information content (AvgIpc) is 2.71. The van der Waals surface area contributed by atoms with Crippen LogP contribution in [0.15, 0.2) is 23.8 Å². The number of hydrogen-bond acceptors (Lipinski definition) is 0. The van der Waals surface area contributed by atoms with Crippen molar-refractivity contribution >= 4 is 0 Å². The maximum absolute atomic E-state index is 2.48. The zero-order valence-electron chi connectivity index (χ0n) is 20.1. The molecule has 0 bridgehead atoms. The van der Waals surface area contributed by atoms with Crippen molar-refractivity contribution in [2.24, 2.45) is 0 Å². The summed E-state index contributed by atoms with van der Waals surface area (Å²) in [6, 6.07) is 0. The minimum Gasteiger partial charge on any atom is -0.0843 e. The third kappa shape index (κ3) is 21.8. The van der Waals surface area contributed by atoms with Crippen LogP contribution in [-0.4, -0.2) is 0 Å². The van der Waals surface area contributed by atoms with Gasteiger partial charge in [-0.05, 0) is 25.7 Å². The molecular formula is C28H54. The topological polar surface area (TPSA) is 0 Å². The molecule has 0 aromatic rings. The van der Waals surface area contributed by atoms with E-state index in [-0.39, 0.29) is 0 Å². The zero-order valence-corrected chi connectivity index (χ0v) is 20.1. The quantitative estimate of drug-likeness (QED) is 0.127. The summed E-state index contributed by atoms with van der Waals surface area (Å²) in [5.74, 6) is 0. The van der Waals surface area contributed by atoms with Crippen molar-refractivity contribution in [2.45, 2.75) is 156 Å². The fraction of sp³-hybridized carbons (Fsp3) is 0.857. The molecule has 0 amide bonds. The van der Waals surface area contributed by atoms with Gasteiger partial charge in [-0.25, -0.2) is 0 Å². The van der Waals surface area contributed by atoms with Crippen LogP contribution in [0.3, 0.4) is 0 Å². The van der Waals surface area contributed by atoms with Crippen molar-refractivity contribution in [3.8, 4) is 0 Å². The predicted octanol–water partition coefficient (Wildman–Crippen LogP) is 10.7. The van der Waals surface area contributed by atoms with Crippen LogP contribution >= 0.6 is 0 Å². The van der Waals surface area contributed by atoms with Crippen molar-refractivity contribution in [1.29, 1.82) is 0 Å². The fourth-order valence-electron chi connectivity index (χ4n) is 3.84. The highest BCUT2D eigenvalue weighted by Gasteiger charge is 1.96. The van der Waals surface area contributed by atoms with E-state index in [9.17, 15) is 0 Å². The molecule has 0 aliphatic carbocycles. The van der Waals surface area contributed by atoms with E-state index in [1.165, 1.54) is 135 Å². The van der Waals surface area contributed by atoms with Crippen molar-refractivity contribution in [2.75, 3.05) is 0 Å². The van der Waals surface area contributed by atoms with E-state index in [0.29, 0.717) is 0 Å². The zero-order chi connectivity index (χ0) is 20.5. The monoisotopic (exact) mass is 390 g/mol. The molecular weight excluding hydrogens is 336 g/mol. The molecule has 0 aliphatic heterocycles. The molecule has 0 aliphatic rings. The molecule has 0 aromatic carbocycles. The van der Waals surface area contributed by atoms with E-state index in [4.69, 9.17) is 0 Å². The Morgan fingerprint density at radius 2 is 0.929 bits per heavy atom. The van der Waals surface area contributed by atoms with E-state index >= 15 is 0 Å². The second-order valence-electron chi connectivity index (χ2n) is 8.81. The van der Waals surface area contributed by atoms with Gasteiger partial charge >= 0.3 is 0 Å². The first kappa shape index (κ1) is 27.5. The third-order valence-corrected chi connectivity index (χ3v) is 5.82. The summed E-state index contributed by atoms with van der Waals surface area (Å²) >= 11 is 0. The highest BCUT2D eigenvalue weighted by atomic mass is 14.0. The van der Waals surface area contributed by atoms with Crippen molar-refractivity contribution in [3.63, 3.8) is 0 Å². The molecule has 0 unspecified atom stereocenters. The standard InChI is InChI=1S/C28H54/c1-4-7-10-12-13-14-15-16-17-18-19-20-21-22-24-27-28(25-9-6-3)26-23-11-8-5-2/h23,25-26H,4-22,24,27H2,1-3H3. The molecule has 0 radical (unpaired) electrons. The van der Waals surface area contributed by atoms with Crippen LogP contribution in [0.2, 0.25) is 0 Å². The van der Waals surface area contributed by atoms with Gasteiger partial charge in [0, 0.05) is 0 Å². The van der Waals surface area contributed by atoms with Gasteiger partial charge in [-0.2, -0.15) is 0 Å². The molecule has 0 heterocycles. The van der Waals surface area contributed by atoms with Gasteiger partial charge in [0.1, 0.15) is 0 Å². The summed E-state index contributed by atoms with van der Waals surface area (Å²) in [6.45, 7) is 6.86. The molecule has 166 valence electrons. The maximum Gasteiger partial charge on any atom is -0.0282 e. The molecule has 0 N–H and O–H groups in total. The SMILES string of the molecule is CCCC=C(C=CCCCC)CCCCCCCCCCCCCCCCC. The minimum absolute atomic E-state index is 1.24. The second kappa shape index (κ2) is 24.5. The molecule has 0 spiro atoms. The Hall–Kier alpha value is -0.520. The summed E-state index contributed by atoms with van der Waals surface area (Å²) in [7, 11) is 0. The Morgan fingerprint density at radius 1 is 0.464 bits per heavy atom. The lowest BCUT2D eigenvalue weighted by molar-refractivity contribution is 0.532. The first-order valence-electron chi connectivity index (χ1n) is 13.2. The second-order valence-corrected chi connectivity index (χ2v) is 8.81. The fourth-order valence-corrected chi connectivity index (χ4v) is 3.84. The maximum atomic E-state index is 2.48. The molecule has 0 aromatic heterocycles. The van der Waals surface area contributed by atoms with E-state index in [1.807, 2.05) is 0 Å². The molecule has 0 saturated heterocycles. The Balaban J connectivity index is 3.47. The molecule has 0 heteroatoms. The normalized spacial score (nSPS) is 12.3. The van der Waals surface area contributed by atoms with E-state index in [0.717, 1.165) is 0 Å². The Morgan fingerprint density at radius 3 is 1.39 bits per heavy atom. The van der Waals surface area contributed by atoms with Crippen molar-refractivity contribution in [1.82, 2.24) is 0 Å². The van der Waals surface area contributed by atoms with E-state index in [1.54, 1.807) is 5.57 Å². The lowest BCUT2D eigenvalue weighted by atomic mass is 10.0. The van der Waals surface area contributed by atoms with Gasteiger partial charge < -0.3 is 0 Å². The molecule has 0 rings (SSSR count). The number of hydrogen-bond donors (Lipinski definition) is 0. The predicted molar refractivity (Wildman–Crippen MR) is 131 cm³/mol. The van der Waals surface area contributed by atoms with Gasteiger partial charge in [-0.15, -0.1) is 0 Å². The molecule has 0 atom stereocenters. The lowest BCUT2D eigenvalue weighted by Crippen LogP contribution is -1.85. The van der Waals surface area contributed by atoms with Gasteiger partial charge in [0.15, 0.2) is 0 Å². The summed E-state index contributed by atoms with van der Waals surface area (Å²) in [5.41, 5.74) is 1.59. The van der Waals surface area contributed by atoms with Gasteiger partial charge in [0.05, 0.1) is 0 Å². The summed E-state index contributed by atoms with van der Waals surface area (Å²) in [6.07, 6.45) is 36.7. The minimum atomic E-state index is 1.24. The summed E-state index contributed by atoms with van der Waals surface area (Å²) in [4.78, 5) is 0. The van der Waals surface area contributed by atoms with Crippen LogP contribution in [0.25, 0.3) is 0 Å². The van der Waals surface area contributed by atoms with Crippen LogP contribution in [0.1, 0.15) is 156 Å². The summed E-state index contributed by atoms with van der Waals surface area (Å²) < 4.78 is 0. The Kier molecular flexibility index (Phi) is 24.1. The lowest BCUT2D eigenvalue weighted by Gasteiger charge is -2.05. The highest BCUT2D eigenvalue weighted by molar-refractivity contribution is 5.18. The number of unbranched alkanes of at least 4 members (excludes halogenated alkanes) is 17. The molecule has 28 heavy (non-hydrogen) atoms. The average molecular weight is 391 g/mol. The molecule has 0 saturated carbocycles. The highest BCUT2D eigenvalue weighted by Crippen LogP contribution is 2.16. The Bertz CT molecular complexity index is 336. The number of allylic oxidation sites excluding steroid dienone is 4. The first-order valence-corrected chi connectivity index (χ1v) is 13.2. The van der Waals surface area contributed by atoms with E-state index < -0.39 is 0 Å². The number of rotatable bonds is 22. The van der Waals surface area contributed by atoms with E-state index in [2.05, 4.69) is 39.0 Å². The van der Waals surface area contributed by atoms with Gasteiger partial charge in [0.25, 0.3) is 0 Å². The first-order chi connectivity index (χ1) is 13.8. The molecule has 0 fully saturated rings. The van der Waals surface area contributed by atoms with Gasteiger partial charge in [-0.3, -0.25) is 0 Å². The largest absolute Gasteiger partial charge is 0.0843 e. The third-order valence-electron chi connectivity index (χ3n) is 5.82. The molecule has 0 nitrogen and oxygen atoms in total.